The molecule has 0 saturated heterocycles. The standard InChI is InChI=1S/C10H9N2O2/c11-10(14)12-9-6-2-1-4-8(9)5-3-7-13/h1-6H,(H3,11,12,14)/b5-3+. The normalized spacial score (nSPS) is 10.0. The highest BCUT2D eigenvalue weighted by Crippen LogP contribution is 2.15. The number of hydrogen-bond acceptors (Lipinski definition) is 2. The lowest BCUT2D eigenvalue weighted by molar-refractivity contribution is 0.259. The second kappa shape index (κ2) is 4.81. The maximum atomic E-state index is 10.6. The number of carbonyl (C=O) groups is 1. The van der Waals surface area contributed by atoms with Crippen LogP contribution in [-0.4, -0.2) is 12.3 Å². The SMILES string of the molecule is NC(=O)Nc1ccccc1/C=C/[C]=O. The molecule has 0 aromatic heterocycles. The van der Waals surface area contributed by atoms with Crippen molar-refractivity contribution in [1.29, 1.82) is 0 Å². The van der Waals surface area contributed by atoms with Crippen LogP contribution in [0.25, 0.3) is 6.08 Å². The smallest absolute Gasteiger partial charge is 0.316 e. The Labute approximate surface area is 81.4 Å². The number of rotatable bonds is 3. The van der Waals surface area contributed by atoms with Crippen molar-refractivity contribution in [2.24, 2.45) is 5.73 Å². The number of anilines is 1. The summed E-state index contributed by atoms with van der Waals surface area (Å²) in [6.45, 7) is 0. The van der Waals surface area contributed by atoms with Crippen LogP contribution in [0.1, 0.15) is 5.56 Å². The van der Waals surface area contributed by atoms with Crippen LogP contribution in [0.5, 0.6) is 0 Å². The molecule has 1 aromatic carbocycles. The van der Waals surface area contributed by atoms with Crippen LogP contribution in [0.2, 0.25) is 0 Å². The van der Waals surface area contributed by atoms with E-state index in [1.807, 2.05) is 0 Å². The van der Waals surface area contributed by atoms with Crippen LogP contribution in [0.4, 0.5) is 10.5 Å². The van der Waals surface area contributed by atoms with Crippen LogP contribution in [0, 0.1) is 0 Å². The van der Waals surface area contributed by atoms with Gasteiger partial charge in [-0.2, -0.15) is 0 Å². The van der Waals surface area contributed by atoms with Crippen molar-refractivity contribution < 1.29 is 9.59 Å². The van der Waals surface area contributed by atoms with Crippen molar-refractivity contribution in [2.75, 3.05) is 5.32 Å². The summed E-state index contributed by atoms with van der Waals surface area (Å²) in [4.78, 5) is 20.6. The van der Waals surface area contributed by atoms with Crippen LogP contribution in [-0.2, 0) is 4.79 Å². The number of para-hydroxylation sites is 1. The molecule has 0 atom stereocenters. The Kier molecular flexibility index (Phi) is 3.43. The van der Waals surface area contributed by atoms with Gasteiger partial charge in [-0.05, 0) is 23.8 Å². The molecule has 0 aliphatic heterocycles. The van der Waals surface area contributed by atoms with E-state index >= 15 is 0 Å². The van der Waals surface area contributed by atoms with Crippen molar-refractivity contribution in [3.05, 3.63) is 35.9 Å². The number of nitrogens with two attached hydrogens (primary N) is 1. The fraction of sp³-hybridized carbons (Fsp3) is 0. The molecule has 3 N–H and O–H groups in total. The Morgan fingerprint density at radius 3 is 2.79 bits per heavy atom. The Bertz CT molecular complexity index is 372. The number of allylic oxidation sites excluding steroid dienone is 1. The Morgan fingerprint density at radius 1 is 1.43 bits per heavy atom. The molecule has 0 heterocycles. The highest BCUT2D eigenvalue weighted by atomic mass is 16.2. The van der Waals surface area contributed by atoms with E-state index in [2.05, 4.69) is 5.32 Å². The van der Waals surface area contributed by atoms with E-state index in [4.69, 9.17) is 5.73 Å². The Hall–Kier alpha value is -2.10. The molecule has 1 aromatic rings. The molecule has 0 bridgehead atoms. The molecule has 4 heteroatoms. The predicted octanol–water partition coefficient (Wildman–Crippen LogP) is 1.30. The van der Waals surface area contributed by atoms with Crippen molar-refractivity contribution in [3.63, 3.8) is 0 Å². The largest absolute Gasteiger partial charge is 0.351 e. The van der Waals surface area contributed by atoms with Gasteiger partial charge in [0.2, 0.25) is 6.29 Å². The maximum Gasteiger partial charge on any atom is 0.316 e. The lowest BCUT2D eigenvalue weighted by atomic mass is 10.1. The maximum absolute atomic E-state index is 10.6. The quantitative estimate of drug-likeness (QED) is 0.703. The zero-order valence-electron chi connectivity index (χ0n) is 7.36. The van der Waals surface area contributed by atoms with Crippen LogP contribution >= 0.6 is 0 Å². The summed E-state index contributed by atoms with van der Waals surface area (Å²) >= 11 is 0. The van der Waals surface area contributed by atoms with Crippen molar-refractivity contribution in [3.8, 4) is 0 Å². The lowest BCUT2D eigenvalue weighted by Crippen LogP contribution is -2.19. The molecule has 71 valence electrons. The number of nitrogens with one attached hydrogen (secondary N) is 1. The highest BCUT2D eigenvalue weighted by molar-refractivity contribution is 5.91. The van der Waals surface area contributed by atoms with Crippen molar-refractivity contribution in [1.82, 2.24) is 0 Å². The third-order valence-corrected chi connectivity index (χ3v) is 1.55. The molecule has 4 nitrogen and oxygen atoms in total. The van der Waals surface area contributed by atoms with Gasteiger partial charge in [0.1, 0.15) is 0 Å². The number of amides is 2. The Balaban J connectivity index is 2.96. The summed E-state index contributed by atoms with van der Waals surface area (Å²) in [7, 11) is 0. The fourth-order valence-electron chi connectivity index (χ4n) is 1.01. The van der Waals surface area contributed by atoms with Crippen molar-refractivity contribution in [2.45, 2.75) is 0 Å². The minimum absolute atomic E-state index is 0.562. The lowest BCUT2D eigenvalue weighted by Gasteiger charge is -2.04. The van der Waals surface area contributed by atoms with E-state index in [-0.39, 0.29) is 0 Å². The monoisotopic (exact) mass is 189 g/mol. The molecule has 1 radical (unpaired) electrons. The first kappa shape index (κ1) is 9.98. The molecule has 0 saturated carbocycles. The average Bonchev–Trinajstić information content (AvgIpc) is 2.16. The number of hydrogen-bond donors (Lipinski definition) is 2. The minimum atomic E-state index is -0.638. The topological polar surface area (TPSA) is 72.2 Å². The number of urea groups is 1. The third-order valence-electron chi connectivity index (χ3n) is 1.55. The zero-order valence-corrected chi connectivity index (χ0v) is 7.36. The van der Waals surface area contributed by atoms with Gasteiger partial charge in [0.15, 0.2) is 0 Å². The number of primary amides is 1. The number of carbonyl (C=O) groups excluding carboxylic acids is 2. The minimum Gasteiger partial charge on any atom is -0.351 e. The van der Waals surface area contributed by atoms with Crippen molar-refractivity contribution >= 4 is 24.1 Å². The summed E-state index contributed by atoms with van der Waals surface area (Å²) in [5.74, 6) is 0. The zero-order chi connectivity index (χ0) is 10.4. The van der Waals surface area contributed by atoms with Gasteiger partial charge in [0, 0.05) is 5.69 Å². The third kappa shape index (κ3) is 2.75. The van der Waals surface area contributed by atoms with Gasteiger partial charge in [-0.3, -0.25) is 4.79 Å². The summed E-state index contributed by atoms with van der Waals surface area (Å²) in [5, 5.41) is 2.44. The van der Waals surface area contributed by atoms with E-state index in [0.717, 1.165) is 0 Å². The van der Waals surface area contributed by atoms with Gasteiger partial charge < -0.3 is 11.1 Å². The van der Waals surface area contributed by atoms with E-state index in [1.54, 1.807) is 30.6 Å². The molecule has 1 rings (SSSR count). The molecule has 0 fully saturated rings. The summed E-state index contributed by atoms with van der Waals surface area (Å²) in [5.41, 5.74) is 6.24. The molecule has 0 spiro atoms. The Morgan fingerprint density at radius 2 is 2.14 bits per heavy atom. The molecule has 0 aliphatic carbocycles. The van der Waals surface area contributed by atoms with Crippen LogP contribution in [0.3, 0.4) is 0 Å². The molecule has 14 heavy (non-hydrogen) atoms. The molecule has 2 amide bonds. The van der Waals surface area contributed by atoms with Crippen LogP contribution < -0.4 is 11.1 Å². The van der Waals surface area contributed by atoms with E-state index in [0.29, 0.717) is 11.3 Å². The van der Waals surface area contributed by atoms with E-state index < -0.39 is 6.03 Å². The second-order valence-corrected chi connectivity index (χ2v) is 2.53. The first-order valence-electron chi connectivity index (χ1n) is 3.93. The number of benzene rings is 1. The predicted molar refractivity (Wildman–Crippen MR) is 54.4 cm³/mol. The molecule has 0 unspecified atom stereocenters. The van der Waals surface area contributed by atoms with Gasteiger partial charge in [-0.25, -0.2) is 4.79 Å². The van der Waals surface area contributed by atoms with Crippen LogP contribution in [0.15, 0.2) is 30.3 Å². The first-order chi connectivity index (χ1) is 6.74. The van der Waals surface area contributed by atoms with Gasteiger partial charge >= 0.3 is 6.03 Å². The average molecular weight is 189 g/mol. The van der Waals surface area contributed by atoms with E-state index in [1.165, 1.54) is 12.2 Å². The van der Waals surface area contributed by atoms with E-state index in [9.17, 15) is 9.59 Å². The van der Waals surface area contributed by atoms with Gasteiger partial charge in [0.25, 0.3) is 0 Å². The highest BCUT2D eigenvalue weighted by Gasteiger charge is 1.99. The summed E-state index contributed by atoms with van der Waals surface area (Å²) in [6, 6.07) is 6.35. The first-order valence-corrected chi connectivity index (χ1v) is 3.93. The van der Waals surface area contributed by atoms with Gasteiger partial charge in [-0.1, -0.05) is 18.2 Å². The summed E-state index contributed by atoms with van der Waals surface area (Å²) in [6.07, 6.45) is 4.39. The molecular formula is C10H9N2O2. The fourth-order valence-corrected chi connectivity index (χ4v) is 1.01. The second-order valence-electron chi connectivity index (χ2n) is 2.53. The van der Waals surface area contributed by atoms with Gasteiger partial charge in [0.05, 0.1) is 0 Å². The van der Waals surface area contributed by atoms with Gasteiger partial charge in [-0.15, -0.1) is 0 Å². The summed E-state index contributed by atoms with van der Waals surface area (Å²) < 4.78 is 0. The molecular weight excluding hydrogens is 180 g/mol. The molecule has 0 aliphatic rings.